The number of benzene rings is 1. The first-order valence-corrected chi connectivity index (χ1v) is 7.24. The molecule has 0 aromatic heterocycles. The van der Waals surface area contributed by atoms with E-state index < -0.39 is 0 Å². The molecular weight excluding hydrogens is 220 g/mol. The number of rotatable bonds is 3. The van der Waals surface area contributed by atoms with E-state index in [0.717, 1.165) is 12.3 Å². The molecule has 0 amide bonds. The van der Waals surface area contributed by atoms with E-state index in [1.54, 1.807) is 0 Å². The summed E-state index contributed by atoms with van der Waals surface area (Å²) in [5, 5.41) is 0. The van der Waals surface area contributed by atoms with Gasteiger partial charge in [0.25, 0.3) is 0 Å². The molecule has 1 heterocycles. The summed E-state index contributed by atoms with van der Waals surface area (Å²) in [7, 11) is 0. The smallest absolute Gasteiger partial charge is 0.0368 e. The Hall–Kier alpha value is -1.02. The Kier molecular flexibility index (Phi) is 4.28. The lowest BCUT2D eigenvalue weighted by atomic mass is 9.94. The Morgan fingerprint density at radius 2 is 1.89 bits per heavy atom. The van der Waals surface area contributed by atoms with Gasteiger partial charge in [0.1, 0.15) is 0 Å². The largest absolute Gasteiger partial charge is 0.369 e. The molecule has 3 atom stereocenters. The van der Waals surface area contributed by atoms with Crippen LogP contribution < -0.4 is 10.6 Å². The summed E-state index contributed by atoms with van der Waals surface area (Å²) in [4.78, 5) is 2.54. The molecular formula is C16H26N2. The number of nitrogens with two attached hydrogens (primary N) is 1. The van der Waals surface area contributed by atoms with Crippen molar-refractivity contribution in [3.8, 4) is 0 Å². The van der Waals surface area contributed by atoms with E-state index in [-0.39, 0.29) is 6.04 Å². The van der Waals surface area contributed by atoms with Crippen LogP contribution in [0.25, 0.3) is 0 Å². The van der Waals surface area contributed by atoms with Gasteiger partial charge >= 0.3 is 0 Å². The Labute approximate surface area is 111 Å². The number of hydrogen-bond donors (Lipinski definition) is 1. The zero-order valence-corrected chi connectivity index (χ0v) is 11.9. The summed E-state index contributed by atoms with van der Waals surface area (Å²) in [5.41, 5.74) is 8.66. The van der Waals surface area contributed by atoms with Crippen molar-refractivity contribution < 1.29 is 0 Å². The van der Waals surface area contributed by atoms with Crippen LogP contribution in [-0.2, 0) is 0 Å². The van der Waals surface area contributed by atoms with Crippen LogP contribution in [-0.4, -0.2) is 12.6 Å². The van der Waals surface area contributed by atoms with Gasteiger partial charge in [-0.2, -0.15) is 0 Å². The van der Waals surface area contributed by atoms with Gasteiger partial charge < -0.3 is 10.6 Å². The van der Waals surface area contributed by atoms with Crippen LogP contribution in [0.3, 0.4) is 0 Å². The van der Waals surface area contributed by atoms with E-state index in [4.69, 9.17) is 5.73 Å². The number of piperidine rings is 1. The van der Waals surface area contributed by atoms with E-state index >= 15 is 0 Å². The van der Waals surface area contributed by atoms with Gasteiger partial charge in [-0.1, -0.05) is 26.0 Å². The third kappa shape index (κ3) is 2.86. The zero-order chi connectivity index (χ0) is 13.1. The summed E-state index contributed by atoms with van der Waals surface area (Å²) in [6, 6.07) is 9.69. The molecule has 1 aliphatic rings. The Morgan fingerprint density at radius 3 is 2.50 bits per heavy atom. The summed E-state index contributed by atoms with van der Waals surface area (Å²) in [6.45, 7) is 7.99. The fourth-order valence-corrected chi connectivity index (χ4v) is 2.80. The van der Waals surface area contributed by atoms with Crippen LogP contribution in [0, 0.1) is 5.92 Å². The van der Waals surface area contributed by atoms with Gasteiger partial charge in [0.05, 0.1) is 0 Å². The van der Waals surface area contributed by atoms with Crippen molar-refractivity contribution in [3.63, 3.8) is 0 Å². The molecule has 0 aliphatic carbocycles. The molecule has 1 fully saturated rings. The zero-order valence-electron chi connectivity index (χ0n) is 11.9. The van der Waals surface area contributed by atoms with Gasteiger partial charge in [0, 0.05) is 24.3 Å². The summed E-state index contributed by atoms with van der Waals surface area (Å²) in [5.74, 6) is 0.804. The molecule has 2 heteroatoms. The summed E-state index contributed by atoms with van der Waals surface area (Å²) in [6.07, 6.45) is 3.66. The minimum absolute atomic E-state index is 0.178. The lowest BCUT2D eigenvalue weighted by molar-refractivity contribution is 0.390. The highest BCUT2D eigenvalue weighted by Gasteiger charge is 2.22. The first-order valence-electron chi connectivity index (χ1n) is 7.24. The van der Waals surface area contributed by atoms with Crippen LogP contribution in [0.15, 0.2) is 24.3 Å². The van der Waals surface area contributed by atoms with Crippen LogP contribution >= 0.6 is 0 Å². The Morgan fingerprint density at radius 1 is 1.22 bits per heavy atom. The molecule has 1 saturated heterocycles. The van der Waals surface area contributed by atoms with Crippen molar-refractivity contribution in [2.24, 2.45) is 11.7 Å². The first kappa shape index (κ1) is 13.4. The minimum Gasteiger partial charge on any atom is -0.369 e. The van der Waals surface area contributed by atoms with Crippen LogP contribution in [0.2, 0.25) is 0 Å². The van der Waals surface area contributed by atoms with Crippen molar-refractivity contribution in [2.75, 3.05) is 11.4 Å². The summed E-state index contributed by atoms with van der Waals surface area (Å²) >= 11 is 0. The molecule has 1 aliphatic heterocycles. The van der Waals surface area contributed by atoms with E-state index in [1.807, 2.05) is 0 Å². The predicted molar refractivity (Wildman–Crippen MR) is 78.9 cm³/mol. The highest BCUT2D eigenvalue weighted by atomic mass is 15.2. The average molecular weight is 246 g/mol. The highest BCUT2D eigenvalue weighted by molar-refractivity contribution is 5.49. The number of hydrogen-bond acceptors (Lipinski definition) is 2. The average Bonchev–Trinajstić information content (AvgIpc) is 2.41. The molecule has 1 aromatic rings. The maximum Gasteiger partial charge on any atom is 0.0368 e. The summed E-state index contributed by atoms with van der Waals surface area (Å²) < 4.78 is 0. The van der Waals surface area contributed by atoms with Crippen molar-refractivity contribution in [1.29, 1.82) is 0 Å². The fraction of sp³-hybridized carbons (Fsp3) is 0.625. The van der Waals surface area contributed by atoms with Crippen LogP contribution in [0.4, 0.5) is 5.69 Å². The van der Waals surface area contributed by atoms with E-state index in [1.165, 1.54) is 30.6 Å². The second kappa shape index (κ2) is 5.75. The normalized spacial score (nSPS) is 26.1. The lowest BCUT2D eigenvalue weighted by Crippen LogP contribution is -2.41. The molecule has 2 N–H and O–H groups in total. The second-order valence-electron chi connectivity index (χ2n) is 5.79. The topological polar surface area (TPSA) is 29.3 Å². The number of anilines is 1. The van der Waals surface area contributed by atoms with Gasteiger partial charge in [-0.15, -0.1) is 0 Å². The van der Waals surface area contributed by atoms with E-state index in [9.17, 15) is 0 Å². The molecule has 100 valence electrons. The van der Waals surface area contributed by atoms with Gasteiger partial charge in [-0.05, 0) is 49.8 Å². The lowest BCUT2D eigenvalue weighted by Gasteiger charge is -2.38. The van der Waals surface area contributed by atoms with Gasteiger partial charge in [0.15, 0.2) is 0 Å². The maximum atomic E-state index is 6.06. The first-order chi connectivity index (χ1) is 8.61. The Balaban J connectivity index is 2.13. The molecule has 2 rings (SSSR count). The van der Waals surface area contributed by atoms with Crippen molar-refractivity contribution >= 4 is 5.69 Å². The molecule has 3 unspecified atom stereocenters. The van der Waals surface area contributed by atoms with Crippen LogP contribution in [0.1, 0.15) is 51.6 Å². The standard InChI is InChI=1S/C16H26N2/c1-4-16(17)14-7-9-15(10-8-14)18-11-12(2)5-6-13(18)3/h7-10,12-13,16H,4-6,11,17H2,1-3H3. The molecule has 2 nitrogen and oxygen atoms in total. The predicted octanol–water partition coefficient (Wildman–Crippen LogP) is 3.72. The highest BCUT2D eigenvalue weighted by Crippen LogP contribution is 2.28. The van der Waals surface area contributed by atoms with Crippen LogP contribution in [0.5, 0.6) is 0 Å². The monoisotopic (exact) mass is 246 g/mol. The van der Waals surface area contributed by atoms with Gasteiger partial charge in [-0.3, -0.25) is 0 Å². The molecule has 1 aromatic carbocycles. The van der Waals surface area contributed by atoms with E-state index in [2.05, 4.69) is 49.9 Å². The van der Waals surface area contributed by atoms with Crippen molar-refractivity contribution in [2.45, 2.75) is 52.1 Å². The molecule has 0 bridgehead atoms. The Bertz CT molecular complexity index is 371. The SMILES string of the molecule is CCC(N)c1ccc(N2CC(C)CCC2C)cc1. The third-order valence-corrected chi connectivity index (χ3v) is 4.21. The molecule has 18 heavy (non-hydrogen) atoms. The minimum atomic E-state index is 0.178. The quantitative estimate of drug-likeness (QED) is 0.880. The van der Waals surface area contributed by atoms with Gasteiger partial charge in [-0.25, -0.2) is 0 Å². The fourth-order valence-electron chi connectivity index (χ4n) is 2.80. The second-order valence-corrected chi connectivity index (χ2v) is 5.79. The molecule has 0 spiro atoms. The molecule has 0 saturated carbocycles. The number of nitrogens with zero attached hydrogens (tertiary/aromatic N) is 1. The van der Waals surface area contributed by atoms with E-state index in [0.29, 0.717) is 6.04 Å². The van der Waals surface area contributed by atoms with Crippen molar-refractivity contribution in [3.05, 3.63) is 29.8 Å². The maximum absolute atomic E-state index is 6.06. The molecule has 0 radical (unpaired) electrons. The van der Waals surface area contributed by atoms with Crippen molar-refractivity contribution in [1.82, 2.24) is 0 Å². The third-order valence-electron chi connectivity index (χ3n) is 4.21. The van der Waals surface area contributed by atoms with Gasteiger partial charge in [0.2, 0.25) is 0 Å².